The van der Waals surface area contributed by atoms with E-state index in [-0.39, 0.29) is 30.3 Å². The van der Waals surface area contributed by atoms with Gasteiger partial charge in [-0.05, 0) is 19.9 Å². The number of carbonyl (C=O) groups excluding carboxylic acids is 1. The van der Waals surface area contributed by atoms with Crippen LogP contribution in [0, 0.1) is 0 Å². The van der Waals surface area contributed by atoms with Crippen LogP contribution < -0.4 is 5.32 Å². The third-order valence-electron chi connectivity index (χ3n) is 1.63. The highest BCUT2D eigenvalue weighted by atomic mass is 35.5. The minimum absolute atomic E-state index is 0.0550. The van der Waals surface area contributed by atoms with E-state index >= 15 is 0 Å². The van der Waals surface area contributed by atoms with Crippen LogP contribution in [0.4, 0.5) is 0 Å². The molecule has 1 amide bonds. The number of amides is 1. The van der Waals surface area contributed by atoms with Crippen LogP contribution in [0.2, 0.25) is 0 Å². The second-order valence-electron chi connectivity index (χ2n) is 3.67. The monoisotopic (exact) mass is 317 g/mol. The van der Waals surface area contributed by atoms with E-state index in [2.05, 4.69) is 11.9 Å². The van der Waals surface area contributed by atoms with Crippen LogP contribution in [0.15, 0.2) is 12.7 Å². The summed E-state index contributed by atoms with van der Waals surface area (Å²) < 4.78 is 22.5. The van der Waals surface area contributed by atoms with E-state index in [0.717, 1.165) is 6.08 Å². The van der Waals surface area contributed by atoms with Gasteiger partial charge in [0.25, 0.3) is 0 Å². The van der Waals surface area contributed by atoms with E-state index < -0.39 is 13.5 Å². The minimum Gasteiger partial charge on any atom is -0.341 e. The molecular weight excluding hydrogens is 300 g/mol. The average molecular weight is 318 g/mol. The Morgan fingerprint density at radius 3 is 2.11 bits per heavy atom. The molecule has 0 aliphatic heterocycles. The molecule has 5 nitrogen and oxygen atoms in total. The molecule has 1 N–H and O–H groups in total. The molecule has 0 aromatic heterocycles. The largest absolute Gasteiger partial charge is 0.349 e. The molecule has 2 unspecified atom stereocenters. The molecule has 18 heavy (non-hydrogen) atoms. The quantitative estimate of drug-likeness (QED) is 0.403. The second kappa shape index (κ2) is 8.94. The molecule has 0 saturated carbocycles. The third kappa shape index (κ3) is 8.95. The number of rotatable bonds is 9. The standard InChI is InChI=1S/C10H18Cl2NO4P/c1-4-10(14)13-7-18(15,16-5-8(2)11)17-6-9(3)12/h4,8-9H,1,5-7H2,2-3H3,(H,13,14). The van der Waals surface area contributed by atoms with Crippen LogP contribution in [0.3, 0.4) is 0 Å². The van der Waals surface area contributed by atoms with Crippen molar-refractivity contribution in [3.63, 3.8) is 0 Å². The third-order valence-corrected chi connectivity index (χ3v) is 3.52. The number of hydrogen-bond acceptors (Lipinski definition) is 4. The van der Waals surface area contributed by atoms with Crippen LogP contribution >= 0.6 is 30.8 Å². The van der Waals surface area contributed by atoms with Gasteiger partial charge in [-0.2, -0.15) is 0 Å². The van der Waals surface area contributed by atoms with Gasteiger partial charge in [0, 0.05) is 0 Å². The predicted octanol–water partition coefficient (Wildman–Crippen LogP) is 2.73. The summed E-state index contributed by atoms with van der Waals surface area (Å²) in [6, 6.07) is 0. The van der Waals surface area contributed by atoms with Gasteiger partial charge < -0.3 is 14.4 Å². The molecule has 0 aliphatic carbocycles. The number of alkyl halides is 2. The summed E-state index contributed by atoms with van der Waals surface area (Å²) >= 11 is 11.4. The predicted molar refractivity (Wildman–Crippen MR) is 73.3 cm³/mol. The molecule has 0 bridgehead atoms. The molecule has 0 radical (unpaired) electrons. The summed E-state index contributed by atoms with van der Waals surface area (Å²) in [6.45, 7) is 6.78. The zero-order valence-corrected chi connectivity index (χ0v) is 12.8. The highest BCUT2D eigenvalue weighted by Gasteiger charge is 2.26. The summed E-state index contributed by atoms with van der Waals surface area (Å²) in [5.74, 6) is -0.458. The van der Waals surface area contributed by atoms with Crippen molar-refractivity contribution in [2.75, 3.05) is 19.5 Å². The molecule has 8 heteroatoms. The minimum atomic E-state index is -3.44. The number of carbonyl (C=O) groups is 1. The molecule has 2 atom stereocenters. The van der Waals surface area contributed by atoms with Gasteiger partial charge in [-0.15, -0.1) is 23.2 Å². The van der Waals surface area contributed by atoms with Gasteiger partial charge in [0.2, 0.25) is 5.91 Å². The van der Waals surface area contributed by atoms with Crippen molar-refractivity contribution in [1.82, 2.24) is 5.32 Å². The molecule has 0 aromatic rings. The second-order valence-corrected chi connectivity index (χ2v) is 7.21. The molecule has 0 aliphatic rings. The first-order valence-corrected chi connectivity index (χ1v) is 7.95. The molecule has 0 fully saturated rings. The van der Waals surface area contributed by atoms with E-state index in [4.69, 9.17) is 32.2 Å². The Kier molecular flexibility index (Phi) is 8.91. The van der Waals surface area contributed by atoms with Crippen molar-refractivity contribution in [1.29, 1.82) is 0 Å². The van der Waals surface area contributed by atoms with Crippen molar-refractivity contribution in [3.05, 3.63) is 12.7 Å². The lowest BCUT2D eigenvalue weighted by Crippen LogP contribution is -2.24. The Labute approximate surface area is 117 Å². The number of halogens is 2. The van der Waals surface area contributed by atoms with Crippen LogP contribution in [0.5, 0.6) is 0 Å². The Balaban J connectivity index is 4.43. The number of nitrogens with one attached hydrogen (secondary N) is 1. The first kappa shape index (κ1) is 17.9. The molecular formula is C10H18Cl2NO4P. The summed E-state index contributed by atoms with van der Waals surface area (Å²) in [6.07, 6.45) is 0.823. The zero-order chi connectivity index (χ0) is 14.2. The van der Waals surface area contributed by atoms with Crippen LogP contribution in [0.1, 0.15) is 13.8 Å². The smallest absolute Gasteiger partial charge is 0.341 e. The van der Waals surface area contributed by atoms with E-state index in [1.54, 1.807) is 13.8 Å². The van der Waals surface area contributed by atoms with Crippen LogP contribution in [-0.4, -0.2) is 36.2 Å². The van der Waals surface area contributed by atoms with E-state index in [1.165, 1.54) is 0 Å². The SMILES string of the molecule is C=CC(=O)NCP(=O)(OCC(C)Cl)OCC(C)Cl. The van der Waals surface area contributed by atoms with E-state index in [1.807, 2.05) is 0 Å². The average Bonchev–Trinajstić information content (AvgIpc) is 2.31. The Morgan fingerprint density at radius 1 is 1.33 bits per heavy atom. The summed E-state index contributed by atoms with van der Waals surface area (Å²) in [5.41, 5.74) is 0. The van der Waals surface area contributed by atoms with Gasteiger partial charge in [-0.3, -0.25) is 9.36 Å². The van der Waals surface area contributed by atoms with Crippen molar-refractivity contribution in [2.24, 2.45) is 0 Å². The molecule has 0 aromatic carbocycles. The number of hydrogen-bond donors (Lipinski definition) is 1. The lowest BCUT2D eigenvalue weighted by atomic mass is 10.5. The molecule has 0 rings (SSSR count). The normalized spacial score (nSPS) is 17.6. The topological polar surface area (TPSA) is 64.6 Å². The van der Waals surface area contributed by atoms with Crippen LogP contribution in [0.25, 0.3) is 0 Å². The lowest BCUT2D eigenvalue weighted by molar-refractivity contribution is -0.116. The fourth-order valence-electron chi connectivity index (χ4n) is 0.808. The van der Waals surface area contributed by atoms with Gasteiger partial charge in [0.15, 0.2) is 0 Å². The maximum absolute atomic E-state index is 12.2. The molecule has 0 spiro atoms. The Bertz CT molecular complexity index is 307. The zero-order valence-electron chi connectivity index (χ0n) is 10.4. The first-order chi connectivity index (χ1) is 8.29. The Hall–Kier alpha value is -0.0600. The molecule has 0 saturated heterocycles. The van der Waals surface area contributed by atoms with Gasteiger partial charge in [-0.1, -0.05) is 6.58 Å². The van der Waals surface area contributed by atoms with Crippen molar-refractivity contribution >= 4 is 36.7 Å². The maximum atomic E-state index is 12.2. The van der Waals surface area contributed by atoms with Gasteiger partial charge in [0.1, 0.15) is 6.29 Å². The van der Waals surface area contributed by atoms with Crippen molar-refractivity contribution in [3.8, 4) is 0 Å². The fourth-order valence-corrected chi connectivity index (χ4v) is 2.62. The van der Waals surface area contributed by atoms with Gasteiger partial charge in [0.05, 0.1) is 24.0 Å². The van der Waals surface area contributed by atoms with E-state index in [9.17, 15) is 9.36 Å². The molecule has 106 valence electrons. The highest BCUT2D eigenvalue weighted by molar-refractivity contribution is 7.53. The summed E-state index contributed by atoms with van der Waals surface area (Å²) in [7, 11) is -3.44. The van der Waals surface area contributed by atoms with Gasteiger partial charge >= 0.3 is 7.60 Å². The summed E-state index contributed by atoms with van der Waals surface area (Å²) in [5, 5.41) is 1.74. The summed E-state index contributed by atoms with van der Waals surface area (Å²) in [4.78, 5) is 11.0. The highest BCUT2D eigenvalue weighted by Crippen LogP contribution is 2.47. The lowest BCUT2D eigenvalue weighted by Gasteiger charge is -2.20. The first-order valence-electron chi connectivity index (χ1n) is 5.35. The van der Waals surface area contributed by atoms with Gasteiger partial charge in [-0.25, -0.2) is 0 Å². The molecule has 0 heterocycles. The van der Waals surface area contributed by atoms with Crippen molar-refractivity contribution < 1.29 is 18.4 Å². The maximum Gasteiger partial charge on any atom is 0.349 e. The Morgan fingerprint density at radius 2 is 1.78 bits per heavy atom. The van der Waals surface area contributed by atoms with Crippen LogP contribution in [-0.2, 0) is 18.4 Å². The van der Waals surface area contributed by atoms with Crippen molar-refractivity contribution in [2.45, 2.75) is 24.6 Å². The van der Waals surface area contributed by atoms with E-state index in [0.29, 0.717) is 0 Å². The fraction of sp³-hybridized carbons (Fsp3) is 0.700.